The van der Waals surface area contributed by atoms with Gasteiger partial charge in [0.05, 0.1) is 17.8 Å². The standard InChI is InChI=1S/C20H19Cl2N3O3S2/c1-28-18-5-3-2-4-15(18)17-13-29-20(23-17)24-8-10-25(11-9-24)30(26,27)19-12-14(21)6-7-16(19)22/h2-7,12-13H,8-11H2,1H3. The molecule has 0 spiro atoms. The first-order chi connectivity index (χ1) is 14.4. The van der Waals surface area contributed by atoms with Crippen LogP contribution in [0.25, 0.3) is 11.3 Å². The van der Waals surface area contributed by atoms with Crippen LogP contribution in [0.5, 0.6) is 5.75 Å². The van der Waals surface area contributed by atoms with Crippen molar-refractivity contribution in [3.63, 3.8) is 0 Å². The van der Waals surface area contributed by atoms with Crippen molar-refractivity contribution in [3.05, 3.63) is 57.9 Å². The third-order valence-corrected chi connectivity index (χ3v) is 8.41. The molecule has 1 aromatic heterocycles. The average Bonchev–Trinajstić information content (AvgIpc) is 3.25. The Hall–Kier alpha value is -1.84. The Labute approximate surface area is 189 Å². The fourth-order valence-electron chi connectivity index (χ4n) is 3.32. The molecule has 0 atom stereocenters. The summed E-state index contributed by atoms with van der Waals surface area (Å²) in [5, 5.41) is 3.35. The molecule has 2 heterocycles. The lowest BCUT2D eigenvalue weighted by molar-refractivity contribution is 0.385. The summed E-state index contributed by atoms with van der Waals surface area (Å²) in [6.07, 6.45) is 0. The molecule has 0 aliphatic carbocycles. The zero-order valence-electron chi connectivity index (χ0n) is 16.1. The number of aromatic nitrogens is 1. The van der Waals surface area contributed by atoms with Gasteiger partial charge in [-0.2, -0.15) is 4.31 Å². The van der Waals surface area contributed by atoms with Crippen LogP contribution in [0, 0.1) is 0 Å². The molecule has 158 valence electrons. The predicted molar refractivity (Wildman–Crippen MR) is 122 cm³/mol. The minimum atomic E-state index is -3.71. The highest BCUT2D eigenvalue weighted by atomic mass is 35.5. The molecule has 1 aliphatic heterocycles. The van der Waals surface area contributed by atoms with E-state index in [1.165, 1.54) is 27.8 Å². The fraction of sp³-hybridized carbons (Fsp3) is 0.250. The van der Waals surface area contributed by atoms with Gasteiger partial charge in [0.1, 0.15) is 10.6 Å². The number of sulfonamides is 1. The van der Waals surface area contributed by atoms with Gasteiger partial charge in [-0.25, -0.2) is 13.4 Å². The first-order valence-electron chi connectivity index (χ1n) is 9.19. The summed E-state index contributed by atoms with van der Waals surface area (Å²) in [6.45, 7) is 1.76. The lowest BCUT2D eigenvalue weighted by atomic mass is 10.1. The highest BCUT2D eigenvalue weighted by Crippen LogP contribution is 2.34. The SMILES string of the molecule is COc1ccccc1-c1csc(N2CCN(S(=O)(=O)c3cc(Cl)ccc3Cl)CC2)n1. The summed E-state index contributed by atoms with van der Waals surface area (Å²) in [5.74, 6) is 0.767. The van der Waals surface area contributed by atoms with Crippen LogP contribution in [-0.4, -0.2) is 51.0 Å². The summed E-state index contributed by atoms with van der Waals surface area (Å²) in [5.41, 5.74) is 1.77. The monoisotopic (exact) mass is 483 g/mol. The number of anilines is 1. The molecule has 0 bridgehead atoms. The van der Waals surface area contributed by atoms with Crippen LogP contribution in [-0.2, 0) is 10.0 Å². The van der Waals surface area contributed by atoms with Crippen molar-refractivity contribution in [2.75, 3.05) is 38.2 Å². The molecule has 0 unspecified atom stereocenters. The Bertz CT molecular complexity index is 1160. The second-order valence-corrected chi connectivity index (χ2v) is 10.3. The van der Waals surface area contributed by atoms with E-state index in [1.54, 1.807) is 13.2 Å². The summed E-state index contributed by atoms with van der Waals surface area (Å²) in [6, 6.07) is 12.2. The number of benzene rings is 2. The second kappa shape index (κ2) is 8.72. The average molecular weight is 484 g/mol. The Kier molecular flexibility index (Phi) is 6.22. The van der Waals surface area contributed by atoms with Gasteiger partial charge in [-0.3, -0.25) is 0 Å². The molecule has 0 N–H and O–H groups in total. The summed E-state index contributed by atoms with van der Waals surface area (Å²) >= 11 is 13.6. The Balaban J connectivity index is 1.49. The van der Waals surface area contributed by atoms with E-state index in [2.05, 4.69) is 4.90 Å². The molecular formula is C20H19Cl2N3O3S2. The number of hydrogen-bond acceptors (Lipinski definition) is 6. The van der Waals surface area contributed by atoms with Crippen LogP contribution < -0.4 is 9.64 Å². The van der Waals surface area contributed by atoms with Crippen LogP contribution >= 0.6 is 34.5 Å². The third kappa shape index (κ3) is 4.15. The Morgan fingerprint density at radius 3 is 2.53 bits per heavy atom. The van der Waals surface area contributed by atoms with Gasteiger partial charge in [-0.05, 0) is 30.3 Å². The van der Waals surface area contributed by atoms with Gasteiger partial charge < -0.3 is 9.64 Å². The Morgan fingerprint density at radius 2 is 1.80 bits per heavy atom. The molecule has 0 saturated carbocycles. The first-order valence-corrected chi connectivity index (χ1v) is 12.3. The van der Waals surface area contributed by atoms with Gasteiger partial charge in [0.25, 0.3) is 0 Å². The largest absolute Gasteiger partial charge is 0.496 e. The summed E-state index contributed by atoms with van der Waals surface area (Å²) in [7, 11) is -2.07. The van der Waals surface area contributed by atoms with Crippen molar-refractivity contribution in [2.45, 2.75) is 4.90 Å². The molecule has 0 radical (unpaired) electrons. The van der Waals surface area contributed by atoms with E-state index in [0.29, 0.717) is 31.2 Å². The van der Waals surface area contributed by atoms with Crippen LogP contribution in [0.3, 0.4) is 0 Å². The van der Waals surface area contributed by atoms with Crippen molar-refractivity contribution >= 4 is 49.7 Å². The van der Waals surface area contributed by atoms with Crippen molar-refractivity contribution < 1.29 is 13.2 Å². The van der Waals surface area contributed by atoms with Crippen LogP contribution in [0.15, 0.2) is 52.7 Å². The number of ether oxygens (including phenoxy) is 1. The van der Waals surface area contributed by atoms with E-state index in [9.17, 15) is 8.42 Å². The molecule has 2 aromatic carbocycles. The van der Waals surface area contributed by atoms with Crippen molar-refractivity contribution in [3.8, 4) is 17.0 Å². The van der Waals surface area contributed by atoms with Crippen LogP contribution in [0.4, 0.5) is 5.13 Å². The van der Waals surface area contributed by atoms with Gasteiger partial charge in [-0.1, -0.05) is 35.3 Å². The zero-order valence-corrected chi connectivity index (χ0v) is 19.2. The first kappa shape index (κ1) is 21.4. The van der Waals surface area contributed by atoms with E-state index >= 15 is 0 Å². The van der Waals surface area contributed by atoms with Crippen LogP contribution in [0.2, 0.25) is 10.0 Å². The maximum Gasteiger partial charge on any atom is 0.244 e. The number of halogens is 2. The lowest BCUT2D eigenvalue weighted by Crippen LogP contribution is -2.48. The topological polar surface area (TPSA) is 62.7 Å². The molecule has 3 aromatic rings. The maximum absolute atomic E-state index is 13.0. The Morgan fingerprint density at radius 1 is 1.07 bits per heavy atom. The number of piperazine rings is 1. The highest BCUT2D eigenvalue weighted by Gasteiger charge is 2.31. The summed E-state index contributed by atoms with van der Waals surface area (Å²) in [4.78, 5) is 6.87. The van der Waals surface area contributed by atoms with Crippen LogP contribution in [0.1, 0.15) is 0 Å². The predicted octanol–water partition coefficient (Wildman–Crippen LogP) is 4.64. The molecule has 1 saturated heterocycles. The smallest absolute Gasteiger partial charge is 0.244 e. The van der Waals surface area contributed by atoms with Gasteiger partial charge in [-0.15, -0.1) is 11.3 Å². The third-order valence-electron chi connectivity index (χ3n) is 4.90. The van der Waals surface area contributed by atoms with Gasteiger partial charge in [0, 0.05) is 42.1 Å². The second-order valence-electron chi connectivity index (χ2n) is 6.68. The molecule has 6 nitrogen and oxygen atoms in total. The summed E-state index contributed by atoms with van der Waals surface area (Å²) < 4.78 is 32.9. The minimum absolute atomic E-state index is 0.0397. The number of hydrogen-bond donors (Lipinski definition) is 0. The number of para-hydroxylation sites is 1. The van der Waals surface area contributed by atoms with E-state index in [1.807, 2.05) is 29.6 Å². The quantitative estimate of drug-likeness (QED) is 0.528. The molecular weight excluding hydrogens is 465 g/mol. The lowest BCUT2D eigenvalue weighted by Gasteiger charge is -2.34. The van der Waals surface area contributed by atoms with Crippen molar-refractivity contribution in [2.24, 2.45) is 0 Å². The van der Waals surface area contributed by atoms with E-state index < -0.39 is 10.0 Å². The molecule has 0 amide bonds. The molecule has 1 fully saturated rings. The molecule has 30 heavy (non-hydrogen) atoms. The number of thiazole rings is 1. The van der Waals surface area contributed by atoms with Gasteiger partial charge in [0.15, 0.2) is 5.13 Å². The minimum Gasteiger partial charge on any atom is -0.496 e. The fourth-order valence-corrected chi connectivity index (χ4v) is 6.36. The molecule has 4 rings (SSSR count). The number of methoxy groups -OCH3 is 1. The van der Waals surface area contributed by atoms with Crippen molar-refractivity contribution in [1.82, 2.24) is 9.29 Å². The van der Waals surface area contributed by atoms with Gasteiger partial charge >= 0.3 is 0 Å². The number of rotatable bonds is 5. The van der Waals surface area contributed by atoms with Gasteiger partial charge in [0.2, 0.25) is 10.0 Å². The molecule has 10 heteroatoms. The van der Waals surface area contributed by atoms with E-state index in [-0.39, 0.29) is 9.92 Å². The van der Waals surface area contributed by atoms with E-state index in [0.717, 1.165) is 22.1 Å². The number of nitrogens with zero attached hydrogens (tertiary/aromatic N) is 3. The molecule has 1 aliphatic rings. The highest BCUT2D eigenvalue weighted by molar-refractivity contribution is 7.89. The normalized spacial score (nSPS) is 15.4. The van der Waals surface area contributed by atoms with E-state index in [4.69, 9.17) is 32.9 Å². The maximum atomic E-state index is 13.0. The van der Waals surface area contributed by atoms with Crippen molar-refractivity contribution in [1.29, 1.82) is 0 Å². The zero-order chi connectivity index (χ0) is 21.3.